The van der Waals surface area contributed by atoms with Crippen molar-refractivity contribution in [3.8, 4) is 34.0 Å². The number of anilines is 1. The number of carbonyl (C=O) groups is 1. The summed E-state index contributed by atoms with van der Waals surface area (Å²) in [6, 6.07) is 25.8. The van der Waals surface area contributed by atoms with Crippen LogP contribution in [0.3, 0.4) is 0 Å². The number of nitrogen functional groups attached to an aromatic ring is 1. The van der Waals surface area contributed by atoms with Crippen LogP contribution in [0.5, 0.6) is 11.6 Å². The van der Waals surface area contributed by atoms with Crippen LogP contribution in [0.25, 0.3) is 22.4 Å². The van der Waals surface area contributed by atoms with Crippen molar-refractivity contribution in [2.24, 2.45) is 5.73 Å². The van der Waals surface area contributed by atoms with Crippen LogP contribution >= 0.6 is 0 Å². The fourth-order valence-corrected chi connectivity index (χ4v) is 5.09. The van der Waals surface area contributed by atoms with Crippen molar-refractivity contribution in [3.05, 3.63) is 120 Å². The molecule has 5 aromatic rings. The molecule has 52 heavy (non-hydrogen) atoms. The van der Waals surface area contributed by atoms with Crippen molar-refractivity contribution >= 4 is 22.0 Å². The topological polar surface area (TPSA) is 251 Å². The number of halogens is 3. The van der Waals surface area contributed by atoms with Crippen LogP contribution in [0.1, 0.15) is 22.8 Å². The van der Waals surface area contributed by atoms with Crippen molar-refractivity contribution < 1.29 is 56.5 Å². The molecule has 10 N–H and O–H groups in total. The van der Waals surface area contributed by atoms with Gasteiger partial charge in [0.15, 0.2) is 0 Å². The molecule has 0 fully saturated rings. The Morgan fingerprint density at radius 2 is 1.46 bits per heavy atom. The van der Waals surface area contributed by atoms with Gasteiger partial charge < -0.3 is 37.0 Å². The van der Waals surface area contributed by atoms with E-state index >= 15 is 0 Å². The summed E-state index contributed by atoms with van der Waals surface area (Å²) < 4.78 is 82.3. The van der Waals surface area contributed by atoms with Crippen LogP contribution in [0.4, 0.5) is 19.1 Å². The second-order valence-corrected chi connectivity index (χ2v) is 12.4. The van der Waals surface area contributed by atoms with E-state index in [0.717, 1.165) is 11.1 Å². The Kier molecular flexibility index (Phi) is 14.8. The lowest BCUT2D eigenvalue weighted by atomic mass is 10.0. The van der Waals surface area contributed by atoms with E-state index in [1.807, 2.05) is 13.0 Å². The highest BCUT2D eigenvalue weighted by Crippen LogP contribution is 2.38. The van der Waals surface area contributed by atoms with E-state index in [4.69, 9.17) is 30.6 Å². The standard InChI is InChI=1S/C28H25F3N4O4.C7H8O3S.2H2O/c1-38-21-4-2-3-20(14-21)17-9-11-19(12-10-17)25(28(29,30)31)39-24-15-23(34-27(33)35-24)18-7-5-16(6-8-18)13-22(32)26(36)37;1-6-2-4-7(5-3-6)11(8,9)10;;/h2-12,14-15,22,25H,13,32H2,1H3,(H,36,37)(H2,33,34,35);2-5H,1H3,(H,8,9,10);2*1H2/t22-,25+;;;/m0.../s1. The Hall–Kier alpha value is -5.59. The molecule has 0 radical (unpaired) electrons. The van der Waals surface area contributed by atoms with Crippen molar-refractivity contribution in [2.45, 2.75) is 36.6 Å². The second kappa shape index (κ2) is 18.1. The molecule has 0 aliphatic heterocycles. The van der Waals surface area contributed by atoms with Crippen molar-refractivity contribution in [1.82, 2.24) is 9.97 Å². The number of rotatable bonds is 10. The van der Waals surface area contributed by atoms with Gasteiger partial charge in [0.1, 0.15) is 11.8 Å². The van der Waals surface area contributed by atoms with Gasteiger partial charge in [-0.25, -0.2) is 4.98 Å². The summed E-state index contributed by atoms with van der Waals surface area (Å²) in [5.41, 5.74) is 15.1. The zero-order valence-corrected chi connectivity index (χ0v) is 28.5. The number of hydrogen-bond donors (Lipinski definition) is 4. The lowest BCUT2D eigenvalue weighted by Crippen LogP contribution is -2.32. The van der Waals surface area contributed by atoms with Gasteiger partial charge in [0.25, 0.3) is 10.1 Å². The van der Waals surface area contributed by atoms with E-state index in [1.54, 1.807) is 66.7 Å². The van der Waals surface area contributed by atoms with Gasteiger partial charge in [-0.15, -0.1) is 0 Å². The predicted octanol–water partition coefficient (Wildman–Crippen LogP) is 4.63. The summed E-state index contributed by atoms with van der Waals surface area (Å²) >= 11 is 0. The first-order valence-corrected chi connectivity index (χ1v) is 16.2. The highest BCUT2D eigenvalue weighted by Gasteiger charge is 2.43. The van der Waals surface area contributed by atoms with Crippen LogP contribution in [0.2, 0.25) is 0 Å². The summed E-state index contributed by atoms with van der Waals surface area (Å²) in [7, 11) is -2.49. The zero-order valence-electron chi connectivity index (χ0n) is 27.7. The number of methoxy groups -OCH3 is 1. The molecule has 0 spiro atoms. The average Bonchev–Trinajstić information content (AvgIpc) is 3.07. The maximum absolute atomic E-state index is 14.1. The Balaban J connectivity index is 0.000000618. The summed E-state index contributed by atoms with van der Waals surface area (Å²) in [6.45, 7) is 1.84. The Morgan fingerprint density at radius 3 is 2.00 bits per heavy atom. The molecule has 278 valence electrons. The van der Waals surface area contributed by atoms with Gasteiger partial charge in [-0.3, -0.25) is 9.35 Å². The minimum absolute atomic E-state index is 0. The number of carboxylic acid groups (broad SMARTS) is 1. The third-order valence-corrected chi connectivity index (χ3v) is 8.08. The molecule has 0 amide bonds. The molecule has 0 aliphatic carbocycles. The number of hydrogen-bond acceptors (Lipinski definition) is 9. The number of benzene rings is 4. The van der Waals surface area contributed by atoms with Gasteiger partial charge in [-0.2, -0.15) is 26.6 Å². The molecule has 0 bridgehead atoms. The Morgan fingerprint density at radius 1 is 0.865 bits per heavy atom. The monoisotopic (exact) mass is 746 g/mol. The van der Waals surface area contributed by atoms with E-state index in [1.165, 1.54) is 37.4 Å². The first kappa shape index (κ1) is 42.6. The predicted molar refractivity (Wildman–Crippen MR) is 187 cm³/mol. The third kappa shape index (κ3) is 11.7. The molecule has 0 unspecified atom stereocenters. The molecule has 0 aliphatic rings. The first-order valence-electron chi connectivity index (χ1n) is 14.8. The van der Waals surface area contributed by atoms with Gasteiger partial charge >= 0.3 is 12.1 Å². The lowest BCUT2D eigenvalue weighted by Gasteiger charge is -2.22. The largest absolute Gasteiger partial charge is 0.497 e. The molecule has 0 saturated carbocycles. The molecular formula is C35H37F3N4O9S. The zero-order chi connectivity index (χ0) is 36.6. The van der Waals surface area contributed by atoms with E-state index < -0.39 is 34.4 Å². The molecule has 13 nitrogen and oxygen atoms in total. The Bertz CT molecular complexity index is 2030. The van der Waals surface area contributed by atoms with Crippen LogP contribution in [0.15, 0.2) is 108 Å². The van der Waals surface area contributed by atoms with Gasteiger partial charge in [0.2, 0.25) is 17.9 Å². The lowest BCUT2D eigenvalue weighted by molar-refractivity contribution is -0.198. The maximum atomic E-state index is 14.1. The smallest absolute Gasteiger partial charge is 0.429 e. The average molecular weight is 747 g/mol. The summed E-state index contributed by atoms with van der Waals surface area (Å²) in [5.74, 6) is -1.12. The summed E-state index contributed by atoms with van der Waals surface area (Å²) in [4.78, 5) is 18.9. The minimum Gasteiger partial charge on any atom is -0.497 e. The maximum Gasteiger partial charge on any atom is 0.429 e. The van der Waals surface area contributed by atoms with E-state index in [-0.39, 0.29) is 45.4 Å². The summed E-state index contributed by atoms with van der Waals surface area (Å²) in [5, 5.41) is 8.98. The second-order valence-electron chi connectivity index (χ2n) is 11.0. The van der Waals surface area contributed by atoms with Gasteiger partial charge in [-0.1, -0.05) is 78.4 Å². The van der Waals surface area contributed by atoms with Crippen molar-refractivity contribution in [1.29, 1.82) is 0 Å². The quantitative estimate of drug-likeness (QED) is 0.143. The number of alkyl halides is 3. The van der Waals surface area contributed by atoms with Crippen molar-refractivity contribution in [2.75, 3.05) is 12.8 Å². The number of aromatic nitrogens is 2. The molecule has 17 heteroatoms. The number of carboxylic acids is 1. The Labute approximate surface area is 297 Å². The number of aliphatic carboxylic acids is 1. The van der Waals surface area contributed by atoms with E-state index in [0.29, 0.717) is 22.4 Å². The number of nitrogens with two attached hydrogens (primary N) is 2. The molecule has 0 saturated heterocycles. The van der Waals surface area contributed by atoms with Crippen LogP contribution in [0, 0.1) is 6.92 Å². The van der Waals surface area contributed by atoms with E-state index in [2.05, 4.69) is 9.97 Å². The minimum atomic E-state index is -4.75. The molecule has 5 rings (SSSR count). The first-order chi connectivity index (χ1) is 23.5. The molecule has 1 aromatic heterocycles. The highest BCUT2D eigenvalue weighted by molar-refractivity contribution is 7.85. The van der Waals surface area contributed by atoms with Gasteiger partial charge in [0, 0.05) is 17.2 Å². The fourth-order valence-electron chi connectivity index (χ4n) is 4.61. The van der Waals surface area contributed by atoms with Gasteiger partial charge in [-0.05, 0) is 54.3 Å². The molecular weight excluding hydrogens is 709 g/mol. The number of aryl methyl sites for hydroxylation is 1. The van der Waals surface area contributed by atoms with Crippen molar-refractivity contribution in [3.63, 3.8) is 0 Å². The third-order valence-electron chi connectivity index (χ3n) is 7.21. The normalized spacial score (nSPS) is 12.1. The van der Waals surface area contributed by atoms with Crippen LogP contribution in [-0.4, -0.2) is 64.3 Å². The highest BCUT2D eigenvalue weighted by atomic mass is 32.2. The fraction of sp³-hybridized carbons (Fsp3) is 0.171. The SMILES string of the molecule is COc1cccc(-c2ccc([C@@H](Oc3cc(-c4ccc(C[C@H](N)C(=O)O)cc4)nc(N)n3)C(F)(F)F)cc2)c1.Cc1ccc(S(=O)(=O)O)cc1.O.O. The molecule has 4 aromatic carbocycles. The van der Waals surface area contributed by atoms with Crippen LogP contribution in [-0.2, 0) is 21.3 Å². The number of ether oxygens (including phenoxy) is 2. The van der Waals surface area contributed by atoms with Gasteiger partial charge in [0.05, 0.1) is 17.7 Å². The van der Waals surface area contributed by atoms with Crippen LogP contribution < -0.4 is 20.9 Å². The number of nitrogens with zero attached hydrogens (tertiary/aromatic N) is 2. The molecule has 1 heterocycles. The molecule has 2 atom stereocenters. The summed E-state index contributed by atoms with van der Waals surface area (Å²) in [6.07, 6.45) is -6.94. The van der Waals surface area contributed by atoms with E-state index in [9.17, 15) is 26.4 Å².